The summed E-state index contributed by atoms with van der Waals surface area (Å²) in [7, 11) is 1.38. The minimum absolute atomic E-state index is 0.183. The number of ketones is 1. The van der Waals surface area contributed by atoms with Crippen molar-refractivity contribution >= 4 is 11.8 Å². The van der Waals surface area contributed by atoms with Crippen molar-refractivity contribution in [2.24, 2.45) is 0 Å². The van der Waals surface area contributed by atoms with Gasteiger partial charge in [0.25, 0.3) is 0 Å². The van der Waals surface area contributed by atoms with Crippen molar-refractivity contribution in [1.82, 2.24) is 0 Å². The molecule has 2 aliphatic rings. The van der Waals surface area contributed by atoms with E-state index in [0.717, 1.165) is 5.56 Å². The molecule has 0 radical (unpaired) electrons. The van der Waals surface area contributed by atoms with Gasteiger partial charge in [0.15, 0.2) is 12.4 Å². The Labute approximate surface area is 133 Å². The molecule has 3 rings (SSSR count). The fourth-order valence-electron chi connectivity index (χ4n) is 2.69. The van der Waals surface area contributed by atoms with Crippen LogP contribution in [0.1, 0.15) is 18.8 Å². The van der Waals surface area contributed by atoms with E-state index >= 15 is 0 Å². The summed E-state index contributed by atoms with van der Waals surface area (Å²) in [5.41, 5.74) is 0.802. The average molecular weight is 322 g/mol. The molecule has 2 heterocycles. The fourth-order valence-corrected chi connectivity index (χ4v) is 2.69. The van der Waals surface area contributed by atoms with Gasteiger partial charge in [-0.2, -0.15) is 0 Å². The lowest BCUT2D eigenvalue weighted by Gasteiger charge is -2.42. The first kappa shape index (κ1) is 16.1. The SMILES string of the molecule is CO[C@@H]1O[C@@H]2COC(c3ccccc3)O[C@H]2C(=O)[C@H]1OC(C)=O. The molecule has 1 aromatic rings. The Kier molecular flexibility index (Phi) is 4.72. The van der Waals surface area contributed by atoms with Crippen molar-refractivity contribution in [1.29, 1.82) is 0 Å². The van der Waals surface area contributed by atoms with Gasteiger partial charge in [-0.05, 0) is 0 Å². The van der Waals surface area contributed by atoms with Crippen LogP contribution in [0.15, 0.2) is 30.3 Å². The van der Waals surface area contributed by atoms with Crippen molar-refractivity contribution in [3.05, 3.63) is 35.9 Å². The van der Waals surface area contributed by atoms with Crippen LogP contribution in [-0.2, 0) is 33.3 Å². The molecule has 124 valence electrons. The second-order valence-corrected chi connectivity index (χ2v) is 5.34. The summed E-state index contributed by atoms with van der Waals surface area (Å²) in [4.78, 5) is 23.8. The predicted octanol–water partition coefficient (Wildman–Crippen LogP) is 0.973. The van der Waals surface area contributed by atoms with E-state index in [1.807, 2.05) is 30.3 Å². The van der Waals surface area contributed by atoms with Crippen LogP contribution in [0.5, 0.6) is 0 Å². The van der Waals surface area contributed by atoms with E-state index in [4.69, 9.17) is 23.7 Å². The number of carbonyl (C=O) groups excluding carboxylic acids is 2. The van der Waals surface area contributed by atoms with E-state index in [1.54, 1.807) is 0 Å². The summed E-state index contributed by atoms with van der Waals surface area (Å²) >= 11 is 0. The molecule has 2 aliphatic heterocycles. The number of fused-ring (bicyclic) bond motifs is 1. The molecule has 0 N–H and O–H groups in total. The molecule has 0 spiro atoms. The third kappa shape index (κ3) is 3.28. The van der Waals surface area contributed by atoms with Crippen LogP contribution in [0.25, 0.3) is 0 Å². The van der Waals surface area contributed by atoms with E-state index in [2.05, 4.69) is 0 Å². The number of carbonyl (C=O) groups is 2. The lowest BCUT2D eigenvalue weighted by molar-refractivity contribution is -0.314. The Bertz CT molecular complexity index is 573. The first-order chi connectivity index (χ1) is 11.1. The molecular weight excluding hydrogens is 304 g/mol. The highest BCUT2D eigenvalue weighted by molar-refractivity contribution is 5.90. The number of hydrogen-bond acceptors (Lipinski definition) is 7. The van der Waals surface area contributed by atoms with Gasteiger partial charge in [-0.1, -0.05) is 30.3 Å². The van der Waals surface area contributed by atoms with Gasteiger partial charge in [0, 0.05) is 19.6 Å². The van der Waals surface area contributed by atoms with Crippen molar-refractivity contribution in [3.63, 3.8) is 0 Å². The molecule has 7 nitrogen and oxygen atoms in total. The highest BCUT2D eigenvalue weighted by atomic mass is 16.8. The van der Waals surface area contributed by atoms with E-state index in [1.165, 1.54) is 14.0 Å². The lowest BCUT2D eigenvalue weighted by Crippen LogP contribution is -2.60. The standard InChI is InChI=1S/C16H18O7/c1-9(17)21-14-12(18)13-11(22-16(14)19-2)8-20-15(23-13)10-6-4-3-5-7-10/h3-7,11,13-16H,8H2,1-2H3/t11-,13-,14-,15?,16-/m1/s1. The molecule has 2 fully saturated rings. The maximum absolute atomic E-state index is 12.6. The molecular formula is C16H18O7. The Hall–Kier alpha value is -1.80. The molecule has 23 heavy (non-hydrogen) atoms. The Morgan fingerprint density at radius 2 is 1.96 bits per heavy atom. The summed E-state index contributed by atoms with van der Waals surface area (Å²) in [6.07, 6.45) is -4.24. The van der Waals surface area contributed by atoms with Gasteiger partial charge in [-0.15, -0.1) is 0 Å². The monoisotopic (exact) mass is 322 g/mol. The Morgan fingerprint density at radius 1 is 1.22 bits per heavy atom. The van der Waals surface area contributed by atoms with Crippen LogP contribution >= 0.6 is 0 Å². The molecule has 0 aliphatic carbocycles. The van der Waals surface area contributed by atoms with Crippen molar-refractivity contribution < 1.29 is 33.3 Å². The molecule has 0 amide bonds. The maximum Gasteiger partial charge on any atom is 0.303 e. The molecule has 0 bridgehead atoms. The van der Waals surface area contributed by atoms with E-state index in [-0.39, 0.29) is 12.4 Å². The Balaban J connectivity index is 1.77. The van der Waals surface area contributed by atoms with Crippen LogP contribution in [-0.4, -0.2) is 50.1 Å². The van der Waals surface area contributed by atoms with Crippen LogP contribution < -0.4 is 0 Å². The predicted molar refractivity (Wildman–Crippen MR) is 76.2 cm³/mol. The van der Waals surface area contributed by atoms with Crippen LogP contribution in [0.3, 0.4) is 0 Å². The van der Waals surface area contributed by atoms with Crippen molar-refractivity contribution in [3.8, 4) is 0 Å². The van der Waals surface area contributed by atoms with Gasteiger partial charge >= 0.3 is 5.97 Å². The quantitative estimate of drug-likeness (QED) is 0.767. The third-order valence-corrected chi connectivity index (χ3v) is 3.73. The van der Waals surface area contributed by atoms with Gasteiger partial charge in [0.05, 0.1) is 6.61 Å². The first-order valence-electron chi connectivity index (χ1n) is 7.31. The van der Waals surface area contributed by atoms with E-state index in [9.17, 15) is 9.59 Å². The zero-order valence-corrected chi connectivity index (χ0v) is 12.8. The summed E-state index contributed by atoms with van der Waals surface area (Å²) in [5, 5.41) is 0. The molecule has 1 unspecified atom stereocenters. The highest BCUT2D eigenvalue weighted by Crippen LogP contribution is 2.33. The zero-order valence-electron chi connectivity index (χ0n) is 12.8. The topological polar surface area (TPSA) is 80.3 Å². The third-order valence-electron chi connectivity index (χ3n) is 3.73. The second-order valence-electron chi connectivity index (χ2n) is 5.34. The minimum atomic E-state index is -1.15. The van der Waals surface area contributed by atoms with Gasteiger partial charge < -0.3 is 23.7 Å². The normalized spacial score (nSPS) is 33.8. The van der Waals surface area contributed by atoms with E-state index < -0.39 is 36.9 Å². The second kappa shape index (κ2) is 6.76. The number of methoxy groups -OCH3 is 1. The molecule has 1 aromatic carbocycles. The Morgan fingerprint density at radius 3 is 2.61 bits per heavy atom. The molecule has 5 atom stereocenters. The summed E-state index contributed by atoms with van der Waals surface area (Å²) in [5.74, 6) is -0.966. The number of Topliss-reactive ketones (excluding diaryl/α,β-unsaturated/α-hetero) is 1. The van der Waals surface area contributed by atoms with Crippen LogP contribution in [0.4, 0.5) is 0 Å². The summed E-state index contributed by atoms with van der Waals surface area (Å²) < 4.78 is 27.2. The number of hydrogen-bond donors (Lipinski definition) is 0. The van der Waals surface area contributed by atoms with Gasteiger partial charge in [-0.25, -0.2) is 0 Å². The van der Waals surface area contributed by atoms with Crippen molar-refractivity contribution in [2.75, 3.05) is 13.7 Å². The van der Waals surface area contributed by atoms with Crippen LogP contribution in [0, 0.1) is 0 Å². The molecule has 7 heteroatoms. The average Bonchev–Trinajstić information content (AvgIpc) is 2.57. The number of esters is 1. The molecule has 0 aromatic heterocycles. The smallest absolute Gasteiger partial charge is 0.303 e. The van der Waals surface area contributed by atoms with Gasteiger partial charge in [0.1, 0.15) is 6.10 Å². The van der Waals surface area contributed by atoms with Crippen molar-refractivity contribution in [2.45, 2.75) is 37.8 Å². The first-order valence-corrected chi connectivity index (χ1v) is 7.31. The summed E-state index contributed by atoms with van der Waals surface area (Å²) in [6, 6.07) is 9.29. The number of benzene rings is 1. The zero-order chi connectivity index (χ0) is 16.4. The van der Waals surface area contributed by atoms with Gasteiger partial charge in [-0.3, -0.25) is 9.59 Å². The number of rotatable bonds is 3. The largest absolute Gasteiger partial charge is 0.449 e. The summed E-state index contributed by atoms with van der Waals surface area (Å²) in [6.45, 7) is 1.41. The highest BCUT2D eigenvalue weighted by Gasteiger charge is 2.51. The maximum atomic E-state index is 12.6. The van der Waals surface area contributed by atoms with E-state index in [0.29, 0.717) is 0 Å². The lowest BCUT2D eigenvalue weighted by atomic mass is 9.99. The molecule has 2 saturated heterocycles. The fraction of sp³-hybridized carbons (Fsp3) is 0.500. The number of ether oxygens (including phenoxy) is 5. The van der Waals surface area contributed by atoms with Crippen LogP contribution in [0.2, 0.25) is 0 Å². The van der Waals surface area contributed by atoms with Gasteiger partial charge in [0.2, 0.25) is 18.2 Å². The minimum Gasteiger partial charge on any atom is -0.449 e. The molecule has 0 saturated carbocycles.